The molecule has 0 aliphatic heterocycles. The number of nitrogens with two attached hydrogens (primary N) is 1. The number of fused-ring (bicyclic) bond motifs is 1. The number of amides is 1. The number of thiophene rings is 2. The van der Waals surface area contributed by atoms with Crippen molar-refractivity contribution in [1.82, 2.24) is 4.37 Å². The van der Waals surface area contributed by atoms with Gasteiger partial charge in [0.2, 0.25) is 0 Å². The number of anilines is 2. The zero-order chi connectivity index (χ0) is 23.9. The van der Waals surface area contributed by atoms with Gasteiger partial charge in [-0.25, -0.2) is 4.79 Å². The molecule has 1 fully saturated rings. The molecule has 0 unspecified atom stereocenters. The summed E-state index contributed by atoms with van der Waals surface area (Å²) in [4.78, 5) is 26.1. The third-order valence-electron chi connectivity index (χ3n) is 5.40. The number of rotatable bonds is 5. The number of halogens is 1. The Morgan fingerprint density at radius 1 is 1.21 bits per heavy atom. The molecule has 1 aromatic carbocycles. The fraction of sp³-hybridized carbons (Fsp3) is 0.174. The monoisotopic (exact) mass is 529 g/mol. The van der Waals surface area contributed by atoms with Crippen LogP contribution in [0.5, 0.6) is 0 Å². The molecule has 7 nitrogen and oxygen atoms in total. The summed E-state index contributed by atoms with van der Waals surface area (Å²) in [5.74, 6) is 5.51. The molecule has 1 aliphatic rings. The summed E-state index contributed by atoms with van der Waals surface area (Å²) in [5.41, 5.74) is 6.21. The van der Waals surface area contributed by atoms with Crippen LogP contribution in [0.15, 0.2) is 36.4 Å². The number of carboxylic acids is 1. The van der Waals surface area contributed by atoms with Crippen LogP contribution in [-0.4, -0.2) is 21.5 Å². The van der Waals surface area contributed by atoms with E-state index in [2.05, 4.69) is 21.5 Å². The van der Waals surface area contributed by atoms with E-state index in [1.165, 1.54) is 22.7 Å². The highest BCUT2D eigenvalue weighted by Gasteiger charge is 2.53. The lowest BCUT2D eigenvalue weighted by molar-refractivity contribution is -0.139. The number of nitrogens with one attached hydrogen (secondary N) is 1. The molecular formula is C23H16ClN3O4S3. The quantitative estimate of drug-likeness (QED) is 0.276. The van der Waals surface area contributed by atoms with Gasteiger partial charge in [0.05, 0.1) is 4.88 Å². The molecule has 5 rings (SSSR count). The first-order chi connectivity index (χ1) is 16.4. The molecule has 0 bridgehead atoms. The second kappa shape index (κ2) is 8.92. The van der Waals surface area contributed by atoms with E-state index in [4.69, 9.17) is 22.1 Å². The number of carboxylic acid groups (broad SMARTS) is 1. The van der Waals surface area contributed by atoms with Crippen LogP contribution in [-0.2, 0) is 21.6 Å². The van der Waals surface area contributed by atoms with Crippen LogP contribution in [0, 0.1) is 11.8 Å². The van der Waals surface area contributed by atoms with E-state index in [0.29, 0.717) is 34.0 Å². The van der Waals surface area contributed by atoms with Gasteiger partial charge in [-0.3, -0.25) is 10.1 Å². The fourth-order valence-corrected chi connectivity index (χ4v) is 6.65. The van der Waals surface area contributed by atoms with E-state index >= 15 is 0 Å². The number of aliphatic carboxylic acids is 1. The summed E-state index contributed by atoms with van der Waals surface area (Å²) in [5, 5.41) is 12.6. The Balaban J connectivity index is 1.29. The molecule has 3 heterocycles. The molecule has 0 atom stereocenters. The van der Waals surface area contributed by atoms with E-state index in [1.54, 1.807) is 18.2 Å². The van der Waals surface area contributed by atoms with Crippen LogP contribution in [0.25, 0.3) is 9.40 Å². The van der Waals surface area contributed by atoms with Gasteiger partial charge < -0.3 is 15.6 Å². The lowest BCUT2D eigenvalue weighted by Crippen LogP contribution is -2.17. The van der Waals surface area contributed by atoms with Crippen molar-refractivity contribution in [1.29, 1.82) is 0 Å². The molecule has 0 spiro atoms. The number of ether oxygens (including phenoxy) is 1. The van der Waals surface area contributed by atoms with E-state index in [-0.39, 0.29) is 12.4 Å². The second-order valence-electron chi connectivity index (χ2n) is 7.65. The van der Waals surface area contributed by atoms with Crippen LogP contribution in [0.2, 0.25) is 5.02 Å². The number of nitrogens with zero attached hydrogens (tertiary/aromatic N) is 1. The first-order valence-electron chi connectivity index (χ1n) is 10.1. The van der Waals surface area contributed by atoms with Gasteiger partial charge >= 0.3 is 12.1 Å². The highest BCUT2D eigenvalue weighted by atomic mass is 35.5. The minimum Gasteiger partial charge on any atom is -0.481 e. The van der Waals surface area contributed by atoms with Crippen LogP contribution in [0.3, 0.4) is 0 Å². The SMILES string of the molecule is Nc1nsc(C#Cc2cc3sc(C4(C(=O)O)CC4)cc3s2)c1NC(=O)OCc1ccccc1Cl. The highest BCUT2D eigenvalue weighted by Crippen LogP contribution is 2.52. The minimum atomic E-state index is -0.755. The molecule has 4 N–H and O–H groups in total. The molecule has 34 heavy (non-hydrogen) atoms. The highest BCUT2D eigenvalue weighted by molar-refractivity contribution is 7.28. The molecule has 1 amide bonds. The average Bonchev–Trinajstić information content (AvgIpc) is 3.25. The van der Waals surface area contributed by atoms with Gasteiger partial charge in [0, 0.05) is 24.9 Å². The first kappa shape index (κ1) is 22.7. The lowest BCUT2D eigenvalue weighted by atomic mass is 10.1. The third kappa shape index (κ3) is 4.35. The van der Waals surface area contributed by atoms with Crippen LogP contribution in [0.4, 0.5) is 16.3 Å². The summed E-state index contributed by atoms with van der Waals surface area (Å²) in [6.07, 6.45) is 0.685. The largest absolute Gasteiger partial charge is 0.481 e. The lowest BCUT2D eigenvalue weighted by Gasteiger charge is -2.07. The Morgan fingerprint density at radius 2 is 1.97 bits per heavy atom. The maximum atomic E-state index is 12.3. The smallest absolute Gasteiger partial charge is 0.412 e. The van der Waals surface area contributed by atoms with Gasteiger partial charge in [-0.15, -0.1) is 22.7 Å². The average molecular weight is 530 g/mol. The number of carbonyl (C=O) groups is 2. The zero-order valence-electron chi connectivity index (χ0n) is 17.4. The molecule has 1 aliphatic carbocycles. The van der Waals surface area contributed by atoms with Gasteiger partial charge in [-0.05, 0) is 54.4 Å². The second-order valence-corrected chi connectivity index (χ2v) is 11.0. The number of hydrogen-bond acceptors (Lipinski definition) is 8. The number of nitrogen functional groups attached to an aromatic ring is 1. The van der Waals surface area contributed by atoms with Gasteiger partial charge in [-0.2, -0.15) is 4.37 Å². The van der Waals surface area contributed by atoms with Crippen molar-refractivity contribution in [2.24, 2.45) is 0 Å². The van der Waals surface area contributed by atoms with E-state index < -0.39 is 17.5 Å². The molecule has 172 valence electrons. The Morgan fingerprint density at radius 3 is 2.68 bits per heavy atom. The predicted octanol–water partition coefficient (Wildman–Crippen LogP) is 5.92. The number of hydrogen-bond donors (Lipinski definition) is 3. The van der Waals surface area contributed by atoms with Gasteiger partial charge in [0.25, 0.3) is 0 Å². The van der Waals surface area contributed by atoms with Gasteiger partial charge in [-0.1, -0.05) is 29.8 Å². The van der Waals surface area contributed by atoms with Gasteiger partial charge in [0.15, 0.2) is 5.82 Å². The summed E-state index contributed by atoms with van der Waals surface area (Å²) in [6.45, 7) is 0.0150. The fourth-order valence-electron chi connectivity index (χ4n) is 3.35. The van der Waals surface area contributed by atoms with Crippen LogP contribution in [0.1, 0.15) is 33.0 Å². The van der Waals surface area contributed by atoms with Crippen LogP contribution < -0.4 is 11.1 Å². The zero-order valence-corrected chi connectivity index (χ0v) is 20.6. The van der Waals surface area contributed by atoms with Crippen molar-refractivity contribution in [2.45, 2.75) is 24.9 Å². The molecule has 0 saturated heterocycles. The summed E-state index contributed by atoms with van der Waals surface area (Å²) in [7, 11) is 0. The predicted molar refractivity (Wildman–Crippen MR) is 136 cm³/mol. The standard InChI is InChI=1S/C23H16ClN3O4S3/c24-14-4-2-1-3-12(14)11-31-22(30)26-19-15(34-27-20(19)25)6-5-13-9-16-17(32-13)10-18(33-16)23(7-8-23)21(28)29/h1-4,9-10H,7-8,11H2,(H2,25,27)(H,26,30)(H,28,29). The van der Waals surface area contributed by atoms with Crippen molar-refractivity contribution in [3.05, 3.63) is 61.6 Å². The third-order valence-corrected chi connectivity index (χ3v) is 8.96. The maximum Gasteiger partial charge on any atom is 0.412 e. The first-order valence-corrected chi connectivity index (χ1v) is 12.9. The number of benzene rings is 1. The Bertz CT molecular complexity index is 1460. The van der Waals surface area contributed by atoms with Crippen molar-refractivity contribution in [3.63, 3.8) is 0 Å². The Labute approximate surface area is 211 Å². The van der Waals surface area contributed by atoms with Crippen LogP contribution >= 0.6 is 45.8 Å². The van der Waals surface area contributed by atoms with E-state index in [9.17, 15) is 14.7 Å². The topological polar surface area (TPSA) is 115 Å². The molecule has 3 aromatic heterocycles. The molecule has 1 saturated carbocycles. The summed E-state index contributed by atoms with van der Waals surface area (Å²) in [6, 6.07) is 11.0. The molecular weight excluding hydrogens is 514 g/mol. The normalized spacial score (nSPS) is 13.8. The molecule has 0 radical (unpaired) electrons. The Hall–Kier alpha value is -3.10. The maximum absolute atomic E-state index is 12.3. The van der Waals surface area contributed by atoms with Crippen molar-refractivity contribution < 1.29 is 19.4 Å². The van der Waals surface area contributed by atoms with Gasteiger partial charge in [0.1, 0.15) is 22.6 Å². The summed E-state index contributed by atoms with van der Waals surface area (Å²) < 4.78 is 11.4. The number of carbonyl (C=O) groups excluding carboxylic acids is 1. The minimum absolute atomic E-state index is 0.0150. The number of aromatic nitrogens is 1. The summed E-state index contributed by atoms with van der Waals surface area (Å²) >= 11 is 10.2. The molecule has 11 heteroatoms. The molecule has 4 aromatic rings. The van der Waals surface area contributed by atoms with Crippen molar-refractivity contribution in [3.8, 4) is 11.8 Å². The van der Waals surface area contributed by atoms with Crippen molar-refractivity contribution in [2.75, 3.05) is 11.1 Å². The van der Waals surface area contributed by atoms with E-state index in [0.717, 1.165) is 30.7 Å². The Kier molecular flexibility index (Phi) is 5.95. The van der Waals surface area contributed by atoms with E-state index in [1.807, 2.05) is 18.2 Å². The van der Waals surface area contributed by atoms with Crippen molar-refractivity contribution >= 4 is 78.8 Å².